The summed E-state index contributed by atoms with van der Waals surface area (Å²) < 4.78 is 27.4. The number of hydrogen-bond acceptors (Lipinski definition) is 5. The third-order valence-electron chi connectivity index (χ3n) is 4.90. The Hall–Kier alpha value is -1.97. The minimum Gasteiger partial charge on any atom is -0.480 e. The number of aliphatic carboxylic acids is 1. The van der Waals surface area contributed by atoms with E-state index in [1.165, 1.54) is 4.31 Å². The van der Waals surface area contributed by atoms with Gasteiger partial charge in [-0.1, -0.05) is 31.5 Å². The second kappa shape index (κ2) is 10.2. The number of rotatable bonds is 10. The molecule has 0 unspecified atom stereocenters. The minimum absolute atomic E-state index is 0.185. The van der Waals surface area contributed by atoms with Gasteiger partial charge in [-0.2, -0.15) is 4.31 Å². The highest BCUT2D eigenvalue weighted by molar-refractivity contribution is 7.89. The van der Waals surface area contributed by atoms with E-state index in [4.69, 9.17) is 5.11 Å². The lowest BCUT2D eigenvalue weighted by atomic mass is 10.0. The molecule has 0 spiro atoms. The molecule has 162 valence electrons. The summed E-state index contributed by atoms with van der Waals surface area (Å²) in [7, 11) is -3.76. The number of nitrogens with zero attached hydrogens (tertiary/aromatic N) is 1. The van der Waals surface area contributed by atoms with Gasteiger partial charge in [0.05, 0.1) is 11.4 Å². The van der Waals surface area contributed by atoms with Gasteiger partial charge in [0, 0.05) is 19.1 Å². The number of nitrogens with one attached hydrogen (secondary N) is 2. The Kier molecular flexibility index (Phi) is 8.18. The number of aryl methyl sites for hydroxylation is 1. The topological polar surface area (TPSA) is 116 Å². The molecule has 0 bridgehead atoms. The van der Waals surface area contributed by atoms with Gasteiger partial charge in [0.2, 0.25) is 15.9 Å². The van der Waals surface area contributed by atoms with Crippen LogP contribution in [0.2, 0.25) is 0 Å². The maximum Gasteiger partial charge on any atom is 0.317 e. The molecule has 8 nitrogen and oxygen atoms in total. The smallest absolute Gasteiger partial charge is 0.317 e. The fraction of sp³-hybridized carbons (Fsp3) is 0.600. The van der Waals surface area contributed by atoms with E-state index in [0.717, 1.165) is 5.56 Å². The zero-order chi connectivity index (χ0) is 21.6. The average molecular weight is 426 g/mol. The summed E-state index contributed by atoms with van der Waals surface area (Å²) in [6, 6.07) is 5.59. The number of carbonyl (C=O) groups is 2. The molecule has 2 rings (SSSR count). The van der Waals surface area contributed by atoms with Crippen LogP contribution in [0.15, 0.2) is 29.2 Å². The Labute approximate surface area is 172 Å². The van der Waals surface area contributed by atoms with Crippen molar-refractivity contribution < 1.29 is 23.1 Å². The number of sulfonamides is 1. The van der Waals surface area contributed by atoms with Gasteiger partial charge < -0.3 is 15.7 Å². The summed E-state index contributed by atoms with van der Waals surface area (Å²) in [5.41, 5.74) is 0.963. The van der Waals surface area contributed by atoms with Crippen molar-refractivity contribution in [2.24, 2.45) is 5.92 Å². The van der Waals surface area contributed by atoms with E-state index < -0.39 is 22.0 Å². The van der Waals surface area contributed by atoms with Crippen molar-refractivity contribution in [2.75, 3.05) is 19.6 Å². The normalized spacial score (nSPS) is 18.7. The van der Waals surface area contributed by atoms with Gasteiger partial charge >= 0.3 is 5.97 Å². The molecule has 1 aromatic rings. The molecule has 0 aliphatic carbocycles. The zero-order valence-corrected chi connectivity index (χ0v) is 18.0. The molecule has 1 saturated heterocycles. The Morgan fingerprint density at radius 2 is 1.90 bits per heavy atom. The molecule has 0 aromatic heterocycles. The monoisotopic (exact) mass is 425 g/mol. The van der Waals surface area contributed by atoms with Crippen molar-refractivity contribution in [1.82, 2.24) is 14.9 Å². The second-order valence-corrected chi connectivity index (χ2v) is 9.84. The van der Waals surface area contributed by atoms with Crippen LogP contribution in [0.4, 0.5) is 0 Å². The minimum atomic E-state index is -3.76. The van der Waals surface area contributed by atoms with Crippen molar-refractivity contribution in [3.8, 4) is 0 Å². The first-order valence-corrected chi connectivity index (χ1v) is 11.4. The van der Waals surface area contributed by atoms with Crippen molar-refractivity contribution in [2.45, 2.75) is 57.0 Å². The van der Waals surface area contributed by atoms with Crippen LogP contribution in [0.3, 0.4) is 0 Å². The van der Waals surface area contributed by atoms with E-state index in [2.05, 4.69) is 10.6 Å². The van der Waals surface area contributed by atoms with E-state index in [-0.39, 0.29) is 23.4 Å². The number of hydrogen-bond donors (Lipinski definition) is 3. The first-order valence-electron chi connectivity index (χ1n) is 9.92. The van der Waals surface area contributed by atoms with Gasteiger partial charge in [0.25, 0.3) is 0 Å². The Morgan fingerprint density at radius 3 is 2.48 bits per heavy atom. The molecule has 1 amide bonds. The molecule has 1 aromatic carbocycles. The van der Waals surface area contributed by atoms with Crippen molar-refractivity contribution in [3.05, 3.63) is 29.8 Å². The van der Waals surface area contributed by atoms with Gasteiger partial charge in [-0.05, 0) is 44.2 Å². The molecule has 0 saturated carbocycles. The van der Waals surface area contributed by atoms with E-state index in [1.54, 1.807) is 24.3 Å². The number of carboxylic acids is 1. The van der Waals surface area contributed by atoms with E-state index in [1.807, 2.05) is 20.8 Å². The summed E-state index contributed by atoms with van der Waals surface area (Å²) in [6.07, 6.45) is 1.75. The quantitative estimate of drug-likeness (QED) is 0.521. The Bertz CT molecular complexity index is 808. The average Bonchev–Trinajstić information content (AvgIpc) is 3.12. The lowest BCUT2D eigenvalue weighted by molar-refractivity contribution is -0.135. The van der Waals surface area contributed by atoms with E-state index in [0.29, 0.717) is 38.3 Å². The number of amides is 1. The third-order valence-corrected chi connectivity index (χ3v) is 6.83. The van der Waals surface area contributed by atoms with Crippen LogP contribution in [0.1, 0.15) is 38.7 Å². The molecule has 1 aliphatic heterocycles. The number of benzene rings is 1. The van der Waals surface area contributed by atoms with Crippen molar-refractivity contribution in [3.63, 3.8) is 0 Å². The highest BCUT2D eigenvalue weighted by atomic mass is 32.2. The van der Waals surface area contributed by atoms with Crippen molar-refractivity contribution >= 4 is 21.9 Å². The van der Waals surface area contributed by atoms with Gasteiger partial charge in [-0.15, -0.1) is 0 Å². The maximum absolute atomic E-state index is 13.0. The highest BCUT2D eigenvalue weighted by Gasteiger charge is 2.39. The molecule has 0 radical (unpaired) electrons. The SMILES string of the molecule is Cc1ccc(S(=O)(=O)N2CCC[C@H]2C(=O)N[C@H](CNCC(=O)O)CC(C)C)cc1. The van der Waals surface area contributed by atoms with Crippen LogP contribution in [0.25, 0.3) is 0 Å². The van der Waals surface area contributed by atoms with E-state index >= 15 is 0 Å². The lowest BCUT2D eigenvalue weighted by Gasteiger charge is -2.27. The Morgan fingerprint density at radius 1 is 1.24 bits per heavy atom. The van der Waals surface area contributed by atoms with Gasteiger partial charge in [0.15, 0.2) is 0 Å². The number of carbonyl (C=O) groups excluding carboxylic acids is 1. The van der Waals surface area contributed by atoms with Gasteiger partial charge in [0.1, 0.15) is 6.04 Å². The van der Waals surface area contributed by atoms with Gasteiger partial charge in [-0.3, -0.25) is 9.59 Å². The highest BCUT2D eigenvalue weighted by Crippen LogP contribution is 2.26. The fourth-order valence-electron chi connectivity index (χ4n) is 3.55. The van der Waals surface area contributed by atoms with Gasteiger partial charge in [-0.25, -0.2) is 8.42 Å². The first-order chi connectivity index (χ1) is 13.6. The second-order valence-electron chi connectivity index (χ2n) is 7.95. The Balaban J connectivity index is 2.10. The molecule has 3 N–H and O–H groups in total. The molecule has 9 heteroatoms. The standard InChI is InChI=1S/C20H31N3O5S/c1-14(2)11-16(12-21-13-19(24)25)22-20(26)18-5-4-10-23(18)29(27,28)17-8-6-15(3)7-9-17/h6-9,14,16,18,21H,4-5,10-13H2,1-3H3,(H,22,26)(H,24,25)/t16-,18-/m0/s1. The maximum atomic E-state index is 13.0. The molecule has 29 heavy (non-hydrogen) atoms. The predicted octanol–water partition coefficient (Wildman–Crippen LogP) is 1.35. The molecule has 1 fully saturated rings. The van der Waals surface area contributed by atoms with Crippen LogP contribution in [-0.4, -0.2) is 61.4 Å². The van der Waals surface area contributed by atoms with E-state index in [9.17, 15) is 18.0 Å². The van der Waals surface area contributed by atoms with Crippen LogP contribution in [-0.2, 0) is 19.6 Å². The third kappa shape index (κ3) is 6.52. The summed E-state index contributed by atoms with van der Waals surface area (Å²) >= 11 is 0. The molecule has 2 atom stereocenters. The van der Waals surface area contributed by atoms with Crippen LogP contribution in [0.5, 0.6) is 0 Å². The summed E-state index contributed by atoms with van der Waals surface area (Å²) in [5, 5.41) is 14.5. The summed E-state index contributed by atoms with van der Waals surface area (Å²) in [5.74, 6) is -1.00. The first kappa shape index (κ1) is 23.3. The molecular weight excluding hydrogens is 394 g/mol. The van der Waals surface area contributed by atoms with Crippen LogP contribution >= 0.6 is 0 Å². The lowest BCUT2D eigenvalue weighted by Crippen LogP contribution is -2.51. The number of carboxylic acid groups (broad SMARTS) is 1. The van der Waals surface area contributed by atoms with Crippen molar-refractivity contribution in [1.29, 1.82) is 0 Å². The predicted molar refractivity (Wildman–Crippen MR) is 110 cm³/mol. The molecular formula is C20H31N3O5S. The summed E-state index contributed by atoms with van der Waals surface area (Å²) in [4.78, 5) is 23.8. The molecule has 1 aliphatic rings. The molecule has 1 heterocycles. The van der Waals surface area contributed by atoms with Crippen LogP contribution < -0.4 is 10.6 Å². The van der Waals surface area contributed by atoms with Crippen LogP contribution in [0, 0.1) is 12.8 Å². The fourth-order valence-corrected chi connectivity index (χ4v) is 5.20. The largest absolute Gasteiger partial charge is 0.480 e. The summed E-state index contributed by atoms with van der Waals surface area (Å²) in [6.45, 7) is 6.34. The zero-order valence-electron chi connectivity index (χ0n) is 17.2.